The Hall–Kier alpha value is -2.41. The van der Waals surface area contributed by atoms with Crippen LogP contribution in [-0.4, -0.2) is 48.9 Å². The van der Waals surface area contributed by atoms with Gasteiger partial charge in [0.15, 0.2) is 6.19 Å². The van der Waals surface area contributed by atoms with Gasteiger partial charge >= 0.3 is 0 Å². The number of anilines is 1. The molecule has 5 rings (SSSR count). The van der Waals surface area contributed by atoms with Gasteiger partial charge in [-0.3, -0.25) is 9.29 Å². The molecule has 0 amide bonds. The molecule has 0 saturated carbocycles. The van der Waals surface area contributed by atoms with E-state index in [1.807, 2.05) is 18.2 Å². The molecule has 0 radical (unpaired) electrons. The molecule has 4 heterocycles. The van der Waals surface area contributed by atoms with Gasteiger partial charge in [-0.2, -0.15) is 5.26 Å². The molecule has 1 aromatic carbocycles. The average molecular weight is 475 g/mol. The number of furan rings is 1. The largest absolute Gasteiger partial charge is 0.456 e. The fraction of sp³-hybridized carbons (Fsp3) is 0.333. The molecule has 2 aliphatic heterocycles. The number of fused-ring (bicyclic) bond motifs is 2. The zero-order valence-electron chi connectivity index (χ0n) is 16.5. The third-order valence-electron chi connectivity index (χ3n) is 5.74. The van der Waals surface area contributed by atoms with Crippen LogP contribution in [0.2, 0.25) is 5.02 Å². The summed E-state index contributed by atoms with van der Waals surface area (Å²) >= 11 is 7.71. The molecule has 1 saturated heterocycles. The number of rotatable bonds is 3. The molecular formula is C21H19ClN4O3S2. The van der Waals surface area contributed by atoms with Crippen LogP contribution in [0, 0.1) is 11.5 Å². The maximum absolute atomic E-state index is 13.5. The normalized spacial score (nSPS) is 17.5. The van der Waals surface area contributed by atoms with Crippen LogP contribution in [0.1, 0.15) is 12.8 Å². The van der Waals surface area contributed by atoms with Crippen molar-refractivity contribution in [1.82, 2.24) is 9.88 Å². The number of aromatic nitrogens is 1. The van der Waals surface area contributed by atoms with E-state index in [9.17, 15) is 8.42 Å². The van der Waals surface area contributed by atoms with Gasteiger partial charge in [-0.15, -0.1) is 11.8 Å². The van der Waals surface area contributed by atoms with Crippen molar-refractivity contribution >= 4 is 50.0 Å². The van der Waals surface area contributed by atoms with Crippen molar-refractivity contribution in [3.8, 4) is 17.5 Å². The smallest absolute Gasteiger partial charge is 0.238 e. The minimum absolute atomic E-state index is 0.402. The van der Waals surface area contributed by atoms with Crippen molar-refractivity contribution in [1.29, 1.82) is 5.26 Å². The first-order chi connectivity index (χ1) is 15.0. The summed E-state index contributed by atoms with van der Waals surface area (Å²) in [6.45, 7) is 1.34. The Labute approximate surface area is 189 Å². The Bertz CT molecular complexity index is 1290. The lowest BCUT2D eigenvalue weighted by Crippen LogP contribution is -2.46. The molecule has 7 nitrogen and oxygen atoms in total. The first-order valence-electron chi connectivity index (χ1n) is 9.94. The Balaban J connectivity index is 1.52. The van der Waals surface area contributed by atoms with Gasteiger partial charge < -0.3 is 9.32 Å². The summed E-state index contributed by atoms with van der Waals surface area (Å²) in [4.78, 5) is 6.80. The second kappa shape index (κ2) is 7.93. The fourth-order valence-corrected chi connectivity index (χ4v) is 7.51. The molecular weight excluding hydrogens is 456 g/mol. The average Bonchev–Trinajstić information content (AvgIpc) is 3.21. The van der Waals surface area contributed by atoms with E-state index in [-0.39, 0.29) is 0 Å². The number of halogens is 1. The van der Waals surface area contributed by atoms with Gasteiger partial charge in [0, 0.05) is 46.9 Å². The van der Waals surface area contributed by atoms with Gasteiger partial charge in [0.25, 0.3) is 0 Å². The van der Waals surface area contributed by atoms with Crippen LogP contribution in [0.25, 0.3) is 22.3 Å². The van der Waals surface area contributed by atoms with E-state index >= 15 is 0 Å². The van der Waals surface area contributed by atoms with Crippen molar-refractivity contribution < 1.29 is 12.8 Å². The number of sulfonamides is 1. The number of piperidine rings is 1. The Kier molecular flexibility index (Phi) is 5.24. The molecule has 0 atom stereocenters. The van der Waals surface area contributed by atoms with E-state index in [2.05, 4.69) is 11.2 Å². The Morgan fingerprint density at radius 2 is 2.00 bits per heavy atom. The van der Waals surface area contributed by atoms with Crippen LogP contribution in [0.15, 0.2) is 46.0 Å². The minimum Gasteiger partial charge on any atom is -0.456 e. The molecule has 2 aliphatic rings. The highest BCUT2D eigenvalue weighted by Crippen LogP contribution is 2.44. The molecule has 3 aromatic rings. The van der Waals surface area contributed by atoms with Gasteiger partial charge in [0.1, 0.15) is 11.3 Å². The topological polar surface area (TPSA) is 90.4 Å². The van der Waals surface area contributed by atoms with Crippen molar-refractivity contribution in [2.24, 2.45) is 0 Å². The summed E-state index contributed by atoms with van der Waals surface area (Å²) in [7, 11) is -3.56. The number of likely N-dealkylation sites (tertiary alicyclic amines) is 1. The lowest BCUT2D eigenvalue weighted by atomic mass is 10.1. The third kappa shape index (κ3) is 3.63. The molecule has 0 bridgehead atoms. The van der Waals surface area contributed by atoms with E-state index in [0.717, 1.165) is 15.8 Å². The molecule has 10 heteroatoms. The van der Waals surface area contributed by atoms with Gasteiger partial charge in [-0.25, -0.2) is 8.42 Å². The van der Waals surface area contributed by atoms with Crippen LogP contribution < -0.4 is 4.31 Å². The minimum atomic E-state index is -3.56. The summed E-state index contributed by atoms with van der Waals surface area (Å²) in [5, 5.41) is 10.1. The summed E-state index contributed by atoms with van der Waals surface area (Å²) in [6, 6.07) is 7.34. The lowest BCUT2D eigenvalue weighted by Gasteiger charge is -2.36. The number of benzene rings is 1. The van der Waals surface area contributed by atoms with Gasteiger partial charge in [-0.05, 0) is 37.1 Å². The molecule has 160 valence electrons. The summed E-state index contributed by atoms with van der Waals surface area (Å²) in [5.74, 6) is 1.28. The van der Waals surface area contributed by atoms with Crippen LogP contribution >= 0.6 is 23.4 Å². The maximum Gasteiger partial charge on any atom is 0.238 e. The van der Waals surface area contributed by atoms with Crippen LogP contribution in [0.3, 0.4) is 0 Å². The molecule has 0 spiro atoms. The zero-order valence-corrected chi connectivity index (χ0v) is 18.9. The lowest BCUT2D eigenvalue weighted by molar-refractivity contribution is 0.321. The Morgan fingerprint density at radius 1 is 1.19 bits per heavy atom. The van der Waals surface area contributed by atoms with Crippen molar-refractivity contribution in [2.45, 2.75) is 23.0 Å². The highest BCUT2D eigenvalue weighted by molar-refractivity contribution is 8.00. The second-order valence-electron chi connectivity index (χ2n) is 7.58. The molecule has 1 fully saturated rings. The molecule has 0 N–H and O–H groups in total. The zero-order chi connectivity index (χ0) is 21.6. The summed E-state index contributed by atoms with van der Waals surface area (Å²) in [6.07, 6.45) is 6.34. The predicted molar refractivity (Wildman–Crippen MR) is 122 cm³/mol. The van der Waals surface area contributed by atoms with E-state index in [0.29, 0.717) is 60.3 Å². The number of hydrogen-bond donors (Lipinski definition) is 0. The monoisotopic (exact) mass is 474 g/mol. The predicted octanol–water partition coefficient (Wildman–Crippen LogP) is 4.34. The number of nitrogens with zero attached hydrogens (tertiary/aromatic N) is 4. The number of thioether (sulfide) groups is 1. The van der Waals surface area contributed by atoms with E-state index in [1.165, 1.54) is 4.31 Å². The highest BCUT2D eigenvalue weighted by Gasteiger charge is 2.38. The van der Waals surface area contributed by atoms with Crippen molar-refractivity contribution in [3.63, 3.8) is 0 Å². The van der Waals surface area contributed by atoms with Crippen molar-refractivity contribution in [2.75, 3.05) is 29.7 Å². The van der Waals surface area contributed by atoms with Crippen LogP contribution in [0.5, 0.6) is 0 Å². The van der Waals surface area contributed by atoms with Gasteiger partial charge in [0.2, 0.25) is 10.0 Å². The molecule has 31 heavy (non-hydrogen) atoms. The van der Waals surface area contributed by atoms with Gasteiger partial charge in [0.05, 0.1) is 22.7 Å². The molecule has 0 unspecified atom stereocenters. The highest BCUT2D eigenvalue weighted by atomic mass is 35.5. The van der Waals surface area contributed by atoms with E-state index < -0.39 is 15.3 Å². The second-order valence-corrected chi connectivity index (χ2v) is 11.3. The van der Waals surface area contributed by atoms with E-state index in [1.54, 1.807) is 35.1 Å². The third-order valence-corrected chi connectivity index (χ3v) is 9.39. The Morgan fingerprint density at radius 3 is 2.77 bits per heavy atom. The first-order valence-corrected chi connectivity index (χ1v) is 12.8. The fourth-order valence-electron chi connectivity index (χ4n) is 4.14. The quantitative estimate of drug-likeness (QED) is 0.521. The number of pyridine rings is 1. The maximum atomic E-state index is 13.5. The molecule has 0 aliphatic carbocycles. The summed E-state index contributed by atoms with van der Waals surface area (Å²) in [5.41, 5.74) is 2.08. The van der Waals surface area contributed by atoms with Crippen LogP contribution in [-0.2, 0) is 10.0 Å². The van der Waals surface area contributed by atoms with Crippen LogP contribution in [0.4, 0.5) is 5.69 Å². The SMILES string of the molecule is N#CN1CCC(S(=O)(=O)N2CCSc3c(-c4cc5cc(Cl)ccc5o4)cncc32)CC1. The van der Waals surface area contributed by atoms with E-state index in [4.69, 9.17) is 21.3 Å². The summed E-state index contributed by atoms with van der Waals surface area (Å²) < 4.78 is 34.5. The number of hydrogen-bond acceptors (Lipinski definition) is 7. The number of nitriles is 1. The van der Waals surface area contributed by atoms with Crippen molar-refractivity contribution in [3.05, 3.63) is 41.7 Å². The standard InChI is InChI=1S/C21H19ClN4O3S2/c22-15-1-2-19-14(9-15)10-20(29-19)17-11-24-12-18-21(17)30-8-7-26(18)31(27,28)16-3-5-25(13-23)6-4-16/h1-2,9-12,16H,3-8H2. The first kappa shape index (κ1) is 20.5. The van der Waals surface area contributed by atoms with Gasteiger partial charge in [-0.1, -0.05) is 11.6 Å². The molecule has 2 aromatic heterocycles.